The summed E-state index contributed by atoms with van der Waals surface area (Å²) in [4.78, 5) is 35.9. The number of ether oxygens (including phenoxy) is 1. The predicted molar refractivity (Wildman–Crippen MR) is 77.7 cm³/mol. The maximum Gasteiger partial charge on any atom is 0.335 e. The third-order valence-electron chi connectivity index (χ3n) is 3.36. The minimum atomic E-state index is -1.07. The smallest absolute Gasteiger partial charge is 0.335 e. The van der Waals surface area contributed by atoms with Crippen LogP contribution in [0.5, 0.6) is 0 Å². The highest BCUT2D eigenvalue weighted by Gasteiger charge is 2.25. The Labute approximate surface area is 127 Å². The quantitative estimate of drug-likeness (QED) is 0.837. The molecule has 1 atom stereocenters. The second kappa shape index (κ2) is 7.04. The Morgan fingerprint density at radius 2 is 2.09 bits per heavy atom. The Bertz CT molecular complexity index is 587. The van der Waals surface area contributed by atoms with Crippen molar-refractivity contribution in [2.75, 3.05) is 26.2 Å². The Balaban J connectivity index is 2.04. The number of benzene rings is 1. The topological polar surface area (TPSA) is 95.9 Å². The van der Waals surface area contributed by atoms with Gasteiger partial charge in [0.25, 0.3) is 5.91 Å². The molecule has 1 saturated heterocycles. The summed E-state index contributed by atoms with van der Waals surface area (Å²) in [5.74, 6) is -1.46. The molecule has 0 saturated carbocycles. The number of carbonyl (C=O) groups is 3. The van der Waals surface area contributed by atoms with Crippen LogP contribution in [0.2, 0.25) is 0 Å². The number of rotatable bonds is 4. The maximum absolute atomic E-state index is 12.4. The summed E-state index contributed by atoms with van der Waals surface area (Å²) >= 11 is 0. The number of hydrogen-bond donors (Lipinski definition) is 2. The van der Waals surface area contributed by atoms with Gasteiger partial charge in [-0.15, -0.1) is 0 Å². The van der Waals surface area contributed by atoms with E-state index in [1.807, 2.05) is 0 Å². The number of nitrogens with zero attached hydrogens (tertiary/aromatic N) is 1. The number of aromatic carboxylic acids is 1. The summed E-state index contributed by atoms with van der Waals surface area (Å²) in [7, 11) is 0. The van der Waals surface area contributed by atoms with Crippen molar-refractivity contribution >= 4 is 17.8 Å². The predicted octanol–water partition coefficient (Wildman–Crippen LogP) is 0.362. The van der Waals surface area contributed by atoms with Crippen molar-refractivity contribution in [3.63, 3.8) is 0 Å². The van der Waals surface area contributed by atoms with Gasteiger partial charge in [-0.25, -0.2) is 4.79 Å². The highest BCUT2D eigenvalue weighted by Crippen LogP contribution is 2.12. The number of carboxylic acids is 1. The van der Waals surface area contributed by atoms with Gasteiger partial charge >= 0.3 is 5.97 Å². The molecule has 2 amide bonds. The van der Waals surface area contributed by atoms with E-state index in [9.17, 15) is 14.4 Å². The largest absolute Gasteiger partial charge is 0.478 e. The number of carboxylic acid groups (broad SMARTS) is 1. The van der Waals surface area contributed by atoms with Gasteiger partial charge in [-0.1, -0.05) is 6.07 Å². The van der Waals surface area contributed by atoms with E-state index in [2.05, 4.69) is 5.32 Å². The second-order valence-electron chi connectivity index (χ2n) is 5.07. The number of nitrogens with one attached hydrogen (secondary N) is 1. The van der Waals surface area contributed by atoms with E-state index < -0.39 is 5.97 Å². The van der Waals surface area contributed by atoms with Crippen LogP contribution in [0.15, 0.2) is 24.3 Å². The molecule has 1 unspecified atom stereocenters. The van der Waals surface area contributed by atoms with Crippen LogP contribution in [0.3, 0.4) is 0 Å². The van der Waals surface area contributed by atoms with Gasteiger partial charge in [0.05, 0.1) is 18.3 Å². The van der Waals surface area contributed by atoms with Crippen LogP contribution >= 0.6 is 0 Å². The SMILES string of the molecule is CC(=O)NCC1CN(C(=O)c2cccc(C(=O)O)c2)CCO1. The standard InChI is InChI=1S/C15H18N2O5/c1-10(18)16-8-13-9-17(5-6-22-13)14(19)11-3-2-4-12(7-11)15(20)21/h2-4,7,13H,5-6,8-9H2,1H3,(H,16,18)(H,20,21). The van der Waals surface area contributed by atoms with Crippen LogP contribution in [-0.2, 0) is 9.53 Å². The fourth-order valence-electron chi connectivity index (χ4n) is 2.25. The molecule has 2 rings (SSSR count). The van der Waals surface area contributed by atoms with Crippen molar-refractivity contribution in [3.8, 4) is 0 Å². The average Bonchev–Trinajstić information content (AvgIpc) is 2.52. The van der Waals surface area contributed by atoms with Crippen LogP contribution in [-0.4, -0.2) is 60.1 Å². The first-order chi connectivity index (χ1) is 10.5. The van der Waals surface area contributed by atoms with Gasteiger partial charge in [0, 0.05) is 32.1 Å². The van der Waals surface area contributed by atoms with Gasteiger partial charge in [-0.3, -0.25) is 9.59 Å². The van der Waals surface area contributed by atoms with Gasteiger partial charge in [0.15, 0.2) is 0 Å². The van der Waals surface area contributed by atoms with E-state index in [-0.39, 0.29) is 23.5 Å². The molecular weight excluding hydrogens is 288 g/mol. The summed E-state index contributed by atoms with van der Waals surface area (Å²) < 4.78 is 5.50. The molecule has 7 nitrogen and oxygen atoms in total. The number of carbonyl (C=O) groups excluding carboxylic acids is 2. The normalized spacial score (nSPS) is 17.9. The van der Waals surface area contributed by atoms with Crippen molar-refractivity contribution < 1.29 is 24.2 Å². The zero-order valence-corrected chi connectivity index (χ0v) is 12.2. The summed E-state index contributed by atoms with van der Waals surface area (Å²) in [5.41, 5.74) is 0.411. The summed E-state index contributed by atoms with van der Waals surface area (Å²) in [5, 5.41) is 11.6. The second-order valence-corrected chi connectivity index (χ2v) is 5.07. The van der Waals surface area contributed by atoms with Crippen LogP contribution in [0.4, 0.5) is 0 Å². The van der Waals surface area contributed by atoms with Crippen LogP contribution < -0.4 is 5.32 Å². The minimum Gasteiger partial charge on any atom is -0.478 e. The number of hydrogen-bond acceptors (Lipinski definition) is 4. The highest BCUT2D eigenvalue weighted by molar-refractivity contribution is 5.97. The van der Waals surface area contributed by atoms with E-state index >= 15 is 0 Å². The average molecular weight is 306 g/mol. The Morgan fingerprint density at radius 3 is 2.77 bits per heavy atom. The van der Waals surface area contributed by atoms with E-state index in [0.717, 1.165) is 0 Å². The molecule has 0 bridgehead atoms. The minimum absolute atomic E-state index is 0.0777. The number of morpholine rings is 1. The lowest BCUT2D eigenvalue weighted by Gasteiger charge is -2.33. The fourth-order valence-corrected chi connectivity index (χ4v) is 2.25. The van der Waals surface area contributed by atoms with Crippen molar-refractivity contribution in [2.45, 2.75) is 13.0 Å². The molecule has 1 heterocycles. The third kappa shape index (κ3) is 4.05. The van der Waals surface area contributed by atoms with Gasteiger partial charge in [-0.05, 0) is 18.2 Å². The molecule has 0 spiro atoms. The first-order valence-electron chi connectivity index (χ1n) is 6.96. The third-order valence-corrected chi connectivity index (χ3v) is 3.36. The zero-order valence-electron chi connectivity index (χ0n) is 12.2. The molecule has 2 N–H and O–H groups in total. The van der Waals surface area contributed by atoms with E-state index in [0.29, 0.717) is 31.8 Å². The number of amides is 2. The lowest BCUT2D eigenvalue weighted by molar-refractivity contribution is -0.120. The Kier molecular flexibility index (Phi) is 5.11. The lowest BCUT2D eigenvalue weighted by Crippen LogP contribution is -2.49. The van der Waals surface area contributed by atoms with Crippen molar-refractivity contribution in [2.24, 2.45) is 0 Å². The molecule has 1 aromatic carbocycles. The molecule has 7 heteroatoms. The van der Waals surface area contributed by atoms with Gasteiger partial charge in [0.2, 0.25) is 5.91 Å². The summed E-state index contributed by atoms with van der Waals surface area (Å²) in [6, 6.07) is 5.94. The summed E-state index contributed by atoms with van der Waals surface area (Å²) in [6.45, 7) is 2.94. The molecular formula is C15H18N2O5. The van der Waals surface area contributed by atoms with Gasteiger partial charge < -0.3 is 20.1 Å². The van der Waals surface area contributed by atoms with Crippen LogP contribution in [0.1, 0.15) is 27.6 Å². The van der Waals surface area contributed by atoms with E-state index in [4.69, 9.17) is 9.84 Å². The van der Waals surface area contributed by atoms with E-state index in [1.165, 1.54) is 19.1 Å². The highest BCUT2D eigenvalue weighted by atomic mass is 16.5. The molecule has 0 aromatic heterocycles. The molecule has 0 radical (unpaired) electrons. The van der Waals surface area contributed by atoms with Crippen LogP contribution in [0.25, 0.3) is 0 Å². The molecule has 1 fully saturated rings. The lowest BCUT2D eigenvalue weighted by atomic mass is 10.1. The Morgan fingerprint density at radius 1 is 1.36 bits per heavy atom. The fraction of sp³-hybridized carbons (Fsp3) is 0.400. The first-order valence-corrected chi connectivity index (χ1v) is 6.96. The zero-order chi connectivity index (χ0) is 16.1. The van der Waals surface area contributed by atoms with Crippen molar-refractivity contribution in [1.82, 2.24) is 10.2 Å². The summed E-state index contributed by atoms with van der Waals surface area (Å²) in [6.07, 6.45) is -0.260. The molecule has 0 aliphatic carbocycles. The first kappa shape index (κ1) is 16.0. The molecule has 22 heavy (non-hydrogen) atoms. The maximum atomic E-state index is 12.4. The van der Waals surface area contributed by atoms with Gasteiger partial charge in [-0.2, -0.15) is 0 Å². The molecule has 1 aliphatic rings. The molecule has 1 aromatic rings. The van der Waals surface area contributed by atoms with Gasteiger partial charge in [0.1, 0.15) is 0 Å². The Hall–Kier alpha value is -2.41. The monoisotopic (exact) mass is 306 g/mol. The van der Waals surface area contributed by atoms with Crippen LogP contribution in [0, 0.1) is 0 Å². The van der Waals surface area contributed by atoms with Crippen molar-refractivity contribution in [1.29, 1.82) is 0 Å². The van der Waals surface area contributed by atoms with E-state index in [1.54, 1.807) is 17.0 Å². The van der Waals surface area contributed by atoms with Crippen molar-refractivity contribution in [3.05, 3.63) is 35.4 Å². The molecule has 118 valence electrons. The molecule has 1 aliphatic heterocycles.